The third-order valence-corrected chi connectivity index (χ3v) is 4.62. The van der Waals surface area contributed by atoms with Gasteiger partial charge in [0.15, 0.2) is 0 Å². The normalized spacial score (nSPS) is 12.4. The molecule has 0 aliphatic heterocycles. The van der Waals surface area contributed by atoms with Crippen LogP contribution in [0.1, 0.15) is 28.3 Å². The van der Waals surface area contributed by atoms with Gasteiger partial charge in [-0.1, -0.05) is 47.5 Å². The fourth-order valence-electron chi connectivity index (χ4n) is 2.34. The van der Waals surface area contributed by atoms with Crippen molar-refractivity contribution in [2.24, 2.45) is 5.84 Å². The molecule has 0 aromatic heterocycles. The first-order valence-corrected chi connectivity index (χ1v) is 7.81. The highest BCUT2D eigenvalue weighted by atomic mass is 32.2. The van der Waals surface area contributed by atoms with E-state index in [1.165, 1.54) is 27.1 Å². The van der Waals surface area contributed by atoms with Crippen molar-refractivity contribution < 1.29 is 0 Å². The number of aryl methyl sites for hydroxylation is 3. The second-order valence-electron chi connectivity index (χ2n) is 5.22. The Bertz CT molecular complexity index is 561. The van der Waals surface area contributed by atoms with E-state index in [-0.39, 0.29) is 6.04 Å². The molecule has 0 amide bonds. The topological polar surface area (TPSA) is 38.0 Å². The molecule has 3 N–H and O–H groups in total. The minimum absolute atomic E-state index is 0.165. The molecule has 1 atom stereocenters. The summed E-state index contributed by atoms with van der Waals surface area (Å²) in [5.74, 6) is 6.66. The van der Waals surface area contributed by atoms with Crippen LogP contribution in [0.4, 0.5) is 0 Å². The van der Waals surface area contributed by atoms with Crippen LogP contribution in [0.25, 0.3) is 0 Å². The van der Waals surface area contributed by atoms with Gasteiger partial charge in [-0.25, -0.2) is 0 Å². The summed E-state index contributed by atoms with van der Waals surface area (Å²) in [6, 6.07) is 15.2. The zero-order valence-electron chi connectivity index (χ0n) is 12.3. The predicted octanol–water partition coefficient (Wildman–Crippen LogP) is 3.91. The van der Waals surface area contributed by atoms with Crippen LogP contribution < -0.4 is 11.3 Å². The second-order valence-corrected chi connectivity index (χ2v) is 6.28. The summed E-state index contributed by atoms with van der Waals surface area (Å²) in [4.78, 5) is 1.32. The summed E-state index contributed by atoms with van der Waals surface area (Å²) in [5.41, 5.74) is 8.07. The molecule has 0 fully saturated rings. The fourth-order valence-corrected chi connectivity index (χ4v) is 3.45. The highest BCUT2D eigenvalue weighted by Gasteiger charge is 2.11. The Balaban J connectivity index is 2.11. The van der Waals surface area contributed by atoms with Crippen LogP contribution in [0, 0.1) is 20.8 Å². The van der Waals surface area contributed by atoms with E-state index in [1.54, 1.807) is 0 Å². The lowest BCUT2D eigenvalue weighted by Crippen LogP contribution is -2.29. The lowest BCUT2D eigenvalue weighted by atomic mass is 10.0. The van der Waals surface area contributed by atoms with Crippen molar-refractivity contribution in [1.82, 2.24) is 5.43 Å². The average molecular weight is 286 g/mol. The third kappa shape index (κ3) is 3.85. The summed E-state index contributed by atoms with van der Waals surface area (Å²) in [7, 11) is 0. The Morgan fingerprint density at radius 1 is 1.05 bits per heavy atom. The van der Waals surface area contributed by atoms with Crippen LogP contribution in [0.15, 0.2) is 47.4 Å². The Morgan fingerprint density at radius 3 is 2.30 bits per heavy atom. The maximum absolute atomic E-state index is 5.74. The van der Waals surface area contributed by atoms with Crippen LogP contribution in [0.5, 0.6) is 0 Å². The number of hydrogen-bond donors (Lipinski definition) is 2. The molecule has 0 spiro atoms. The molecule has 2 aromatic rings. The SMILES string of the molecule is Cc1cc(C)cc(C(CSc2ccccc2C)NN)c1. The number of hydrazine groups is 1. The first-order valence-electron chi connectivity index (χ1n) is 6.83. The Labute approximate surface area is 125 Å². The first-order chi connectivity index (χ1) is 9.60. The average Bonchev–Trinajstić information content (AvgIpc) is 2.40. The molecule has 106 valence electrons. The Morgan fingerprint density at radius 2 is 1.70 bits per heavy atom. The van der Waals surface area contributed by atoms with E-state index >= 15 is 0 Å². The standard InChI is InChI=1S/C17H22N2S/c1-12-8-13(2)10-15(9-12)16(19-18)11-20-17-7-5-4-6-14(17)3/h4-10,16,19H,11,18H2,1-3H3. The number of nitrogens with two attached hydrogens (primary N) is 1. The van der Waals surface area contributed by atoms with Crippen LogP contribution in [0.3, 0.4) is 0 Å². The molecule has 0 bridgehead atoms. The molecule has 2 nitrogen and oxygen atoms in total. The quantitative estimate of drug-likeness (QED) is 0.497. The van der Waals surface area contributed by atoms with E-state index in [0.717, 1.165) is 5.75 Å². The summed E-state index contributed by atoms with van der Waals surface area (Å²) in [5, 5.41) is 0. The van der Waals surface area contributed by atoms with Gasteiger partial charge >= 0.3 is 0 Å². The van der Waals surface area contributed by atoms with Crippen molar-refractivity contribution >= 4 is 11.8 Å². The molecule has 2 rings (SSSR count). The van der Waals surface area contributed by atoms with Gasteiger partial charge in [0, 0.05) is 10.6 Å². The van der Waals surface area contributed by atoms with Crippen LogP contribution in [0.2, 0.25) is 0 Å². The van der Waals surface area contributed by atoms with Crippen LogP contribution in [-0.2, 0) is 0 Å². The molecule has 2 aromatic carbocycles. The zero-order chi connectivity index (χ0) is 14.5. The van der Waals surface area contributed by atoms with Gasteiger partial charge in [0.1, 0.15) is 0 Å². The van der Waals surface area contributed by atoms with E-state index in [2.05, 4.69) is 68.7 Å². The lowest BCUT2D eigenvalue weighted by molar-refractivity contribution is 0.610. The maximum atomic E-state index is 5.74. The highest BCUT2D eigenvalue weighted by molar-refractivity contribution is 7.99. The summed E-state index contributed by atoms with van der Waals surface area (Å²) < 4.78 is 0. The van der Waals surface area contributed by atoms with E-state index in [9.17, 15) is 0 Å². The molecule has 3 heteroatoms. The summed E-state index contributed by atoms with van der Waals surface area (Å²) >= 11 is 1.84. The van der Waals surface area contributed by atoms with Crippen molar-refractivity contribution in [2.75, 3.05) is 5.75 Å². The monoisotopic (exact) mass is 286 g/mol. The number of thioether (sulfide) groups is 1. The minimum Gasteiger partial charge on any atom is -0.271 e. The maximum Gasteiger partial charge on any atom is 0.0554 e. The van der Waals surface area contributed by atoms with E-state index < -0.39 is 0 Å². The molecule has 20 heavy (non-hydrogen) atoms. The minimum atomic E-state index is 0.165. The molecular formula is C17H22N2S. The van der Waals surface area contributed by atoms with Gasteiger partial charge in [-0.2, -0.15) is 0 Å². The molecule has 0 aliphatic carbocycles. The summed E-state index contributed by atoms with van der Waals surface area (Å²) in [6.07, 6.45) is 0. The van der Waals surface area contributed by atoms with Crippen molar-refractivity contribution in [3.63, 3.8) is 0 Å². The zero-order valence-corrected chi connectivity index (χ0v) is 13.1. The Kier molecular flexibility index (Phi) is 5.24. The molecule has 0 radical (unpaired) electrons. The van der Waals surface area contributed by atoms with Gasteiger partial charge in [-0.3, -0.25) is 11.3 Å². The molecule has 0 heterocycles. The van der Waals surface area contributed by atoms with Crippen LogP contribution >= 0.6 is 11.8 Å². The molecule has 0 saturated carbocycles. The first kappa shape index (κ1) is 15.1. The highest BCUT2D eigenvalue weighted by Crippen LogP contribution is 2.27. The van der Waals surface area contributed by atoms with E-state index in [0.29, 0.717) is 0 Å². The van der Waals surface area contributed by atoms with Gasteiger partial charge in [0.05, 0.1) is 6.04 Å². The number of benzene rings is 2. The fraction of sp³-hybridized carbons (Fsp3) is 0.294. The van der Waals surface area contributed by atoms with E-state index in [1.807, 2.05) is 11.8 Å². The van der Waals surface area contributed by atoms with Crippen molar-refractivity contribution in [2.45, 2.75) is 31.7 Å². The molecular weight excluding hydrogens is 264 g/mol. The van der Waals surface area contributed by atoms with Gasteiger partial charge < -0.3 is 0 Å². The lowest BCUT2D eigenvalue weighted by Gasteiger charge is -2.18. The summed E-state index contributed by atoms with van der Waals surface area (Å²) in [6.45, 7) is 6.39. The van der Waals surface area contributed by atoms with Crippen molar-refractivity contribution in [1.29, 1.82) is 0 Å². The number of rotatable bonds is 5. The molecule has 0 aliphatic rings. The largest absolute Gasteiger partial charge is 0.271 e. The second kappa shape index (κ2) is 6.93. The molecule has 1 unspecified atom stereocenters. The van der Waals surface area contributed by atoms with Gasteiger partial charge in [-0.05, 0) is 38.0 Å². The number of hydrogen-bond acceptors (Lipinski definition) is 3. The predicted molar refractivity (Wildman–Crippen MR) is 87.9 cm³/mol. The van der Waals surface area contributed by atoms with Gasteiger partial charge in [-0.15, -0.1) is 11.8 Å². The Hall–Kier alpha value is -1.29. The molecule has 0 saturated heterocycles. The number of nitrogens with one attached hydrogen (secondary N) is 1. The van der Waals surface area contributed by atoms with Crippen molar-refractivity contribution in [3.05, 3.63) is 64.7 Å². The van der Waals surface area contributed by atoms with Gasteiger partial charge in [0.25, 0.3) is 0 Å². The third-order valence-electron chi connectivity index (χ3n) is 3.35. The van der Waals surface area contributed by atoms with E-state index in [4.69, 9.17) is 5.84 Å². The smallest absolute Gasteiger partial charge is 0.0554 e. The van der Waals surface area contributed by atoms with Crippen LogP contribution in [-0.4, -0.2) is 5.75 Å². The van der Waals surface area contributed by atoms with Gasteiger partial charge in [0.2, 0.25) is 0 Å². The van der Waals surface area contributed by atoms with Crippen molar-refractivity contribution in [3.8, 4) is 0 Å².